The lowest BCUT2D eigenvalue weighted by atomic mass is 10.2. The van der Waals surface area contributed by atoms with Crippen molar-refractivity contribution in [2.24, 2.45) is 0 Å². The van der Waals surface area contributed by atoms with E-state index in [1.807, 2.05) is 13.0 Å². The molecule has 106 valence electrons. The zero-order valence-corrected chi connectivity index (χ0v) is 14.0. The number of piperidine rings is 1. The van der Waals surface area contributed by atoms with Gasteiger partial charge in [0.2, 0.25) is 10.0 Å². The van der Waals surface area contributed by atoms with Gasteiger partial charge in [0.1, 0.15) is 0 Å². The highest BCUT2D eigenvalue weighted by atomic mass is 79.9. The summed E-state index contributed by atoms with van der Waals surface area (Å²) in [5, 5.41) is 0. The maximum absolute atomic E-state index is 12.7. The lowest BCUT2D eigenvalue weighted by molar-refractivity contribution is 0.346. The van der Waals surface area contributed by atoms with E-state index in [-0.39, 0.29) is 0 Å². The molecule has 0 N–H and O–H groups in total. The fourth-order valence-electron chi connectivity index (χ4n) is 2.32. The average Bonchev–Trinajstić information content (AvgIpc) is 2.42. The summed E-state index contributed by atoms with van der Waals surface area (Å²) in [6.07, 6.45) is 2.98. The molecule has 0 aliphatic carbocycles. The second-order valence-corrected chi connectivity index (χ2v) is 7.79. The first-order valence-electron chi connectivity index (χ1n) is 6.32. The molecule has 0 saturated carbocycles. The molecule has 19 heavy (non-hydrogen) atoms. The van der Waals surface area contributed by atoms with E-state index in [0.29, 0.717) is 28.3 Å². The molecule has 3 nitrogen and oxygen atoms in total. The average molecular weight is 367 g/mol. The van der Waals surface area contributed by atoms with Gasteiger partial charge in [0.15, 0.2) is 0 Å². The molecular formula is C13H17BrClNO2S. The van der Waals surface area contributed by atoms with Gasteiger partial charge < -0.3 is 0 Å². The summed E-state index contributed by atoms with van der Waals surface area (Å²) < 4.78 is 27.6. The number of nitrogens with zero attached hydrogens (tertiary/aromatic N) is 1. The van der Waals surface area contributed by atoms with Crippen molar-refractivity contribution in [2.45, 2.75) is 37.0 Å². The number of rotatable bonds is 3. The highest BCUT2D eigenvalue weighted by Crippen LogP contribution is 2.31. The topological polar surface area (TPSA) is 37.4 Å². The molecule has 1 aliphatic rings. The van der Waals surface area contributed by atoms with E-state index >= 15 is 0 Å². The number of alkyl halides is 1. The second-order valence-electron chi connectivity index (χ2n) is 4.82. The van der Waals surface area contributed by atoms with E-state index in [1.165, 1.54) is 0 Å². The minimum atomic E-state index is -3.42. The summed E-state index contributed by atoms with van der Waals surface area (Å²) >= 11 is 9.23. The van der Waals surface area contributed by atoms with Gasteiger partial charge >= 0.3 is 0 Å². The highest BCUT2D eigenvalue weighted by molar-refractivity contribution is 9.10. The van der Waals surface area contributed by atoms with Gasteiger partial charge in [0, 0.05) is 23.4 Å². The Labute approximate surface area is 128 Å². The van der Waals surface area contributed by atoms with Gasteiger partial charge in [0.25, 0.3) is 0 Å². The predicted octanol–water partition coefficient (Wildman–Crippen LogP) is 3.67. The van der Waals surface area contributed by atoms with Crippen molar-refractivity contribution in [1.82, 2.24) is 4.31 Å². The largest absolute Gasteiger partial charge is 0.244 e. The molecule has 0 unspecified atom stereocenters. The number of hydrogen-bond donors (Lipinski definition) is 0. The van der Waals surface area contributed by atoms with Crippen molar-refractivity contribution in [3.8, 4) is 0 Å². The van der Waals surface area contributed by atoms with Gasteiger partial charge in [-0.25, -0.2) is 8.42 Å². The maximum atomic E-state index is 12.7. The summed E-state index contributed by atoms with van der Waals surface area (Å²) in [6, 6.07) is 3.58. The smallest absolute Gasteiger partial charge is 0.207 e. The second kappa shape index (κ2) is 6.12. The lowest BCUT2D eigenvalue weighted by Crippen LogP contribution is -2.35. The van der Waals surface area contributed by atoms with Crippen LogP contribution in [0.25, 0.3) is 0 Å². The van der Waals surface area contributed by atoms with Crippen LogP contribution < -0.4 is 0 Å². The van der Waals surface area contributed by atoms with E-state index in [9.17, 15) is 8.42 Å². The molecular weight excluding hydrogens is 350 g/mol. The van der Waals surface area contributed by atoms with Crippen molar-refractivity contribution < 1.29 is 8.42 Å². The minimum absolute atomic E-state index is 0.316. The van der Waals surface area contributed by atoms with Crippen molar-refractivity contribution in [3.63, 3.8) is 0 Å². The Morgan fingerprint density at radius 2 is 1.89 bits per heavy atom. The minimum Gasteiger partial charge on any atom is -0.207 e. The molecule has 0 aromatic heterocycles. The molecule has 0 amide bonds. The number of halogens is 2. The first-order chi connectivity index (χ1) is 8.96. The van der Waals surface area contributed by atoms with Crippen molar-refractivity contribution in [3.05, 3.63) is 27.7 Å². The van der Waals surface area contributed by atoms with Crippen LogP contribution in [0.5, 0.6) is 0 Å². The number of sulfonamides is 1. The summed E-state index contributed by atoms with van der Waals surface area (Å²) in [4.78, 5) is 0.338. The zero-order chi connectivity index (χ0) is 14.0. The van der Waals surface area contributed by atoms with E-state index in [1.54, 1.807) is 10.4 Å². The lowest BCUT2D eigenvalue weighted by Gasteiger charge is -2.26. The number of aryl methyl sites for hydroxylation is 1. The van der Waals surface area contributed by atoms with Gasteiger partial charge in [-0.1, -0.05) is 12.5 Å². The number of hydrogen-bond acceptors (Lipinski definition) is 2. The molecule has 1 heterocycles. The third kappa shape index (κ3) is 3.15. The van der Waals surface area contributed by atoms with Gasteiger partial charge in [-0.05, 0) is 52.9 Å². The molecule has 1 fully saturated rings. The third-order valence-electron chi connectivity index (χ3n) is 3.37. The van der Waals surface area contributed by atoms with Crippen molar-refractivity contribution in [2.75, 3.05) is 13.1 Å². The molecule has 2 rings (SSSR count). The fraction of sp³-hybridized carbons (Fsp3) is 0.538. The van der Waals surface area contributed by atoms with Crippen LogP contribution in [0.3, 0.4) is 0 Å². The molecule has 0 spiro atoms. The predicted molar refractivity (Wildman–Crippen MR) is 81.0 cm³/mol. The van der Waals surface area contributed by atoms with Crippen molar-refractivity contribution >= 4 is 37.6 Å². The van der Waals surface area contributed by atoms with Crippen molar-refractivity contribution in [1.29, 1.82) is 0 Å². The Hall–Kier alpha value is -0.100. The van der Waals surface area contributed by atoms with E-state index < -0.39 is 10.0 Å². The third-order valence-corrected chi connectivity index (χ3v) is 6.91. The standard InChI is InChI=1S/C13H17BrClNO2S/c1-10-7-11(9-15)8-12(13(10)14)19(17,18)16-5-3-2-4-6-16/h7-8H,2-6,9H2,1H3. The monoisotopic (exact) mass is 365 g/mol. The molecule has 1 aromatic carbocycles. The summed E-state index contributed by atoms with van der Waals surface area (Å²) in [5.74, 6) is 0.316. The van der Waals surface area contributed by atoms with Crippen LogP contribution in [0.1, 0.15) is 30.4 Å². The number of benzene rings is 1. The van der Waals surface area contributed by atoms with Crippen LogP contribution in [0.15, 0.2) is 21.5 Å². The van der Waals surface area contributed by atoms with Gasteiger partial charge in [-0.15, -0.1) is 11.6 Å². The highest BCUT2D eigenvalue weighted by Gasteiger charge is 2.28. The summed E-state index contributed by atoms with van der Waals surface area (Å²) in [7, 11) is -3.42. The maximum Gasteiger partial charge on any atom is 0.244 e. The quantitative estimate of drug-likeness (QED) is 0.765. The van der Waals surface area contributed by atoms with E-state index in [0.717, 1.165) is 30.4 Å². The van der Waals surface area contributed by atoms with Crippen LogP contribution >= 0.6 is 27.5 Å². The Kier molecular flexibility index (Phi) is 4.93. The summed E-state index contributed by atoms with van der Waals surface area (Å²) in [5.41, 5.74) is 1.73. The molecule has 1 aromatic rings. The zero-order valence-electron chi connectivity index (χ0n) is 10.8. The molecule has 0 atom stereocenters. The molecule has 1 aliphatic heterocycles. The Balaban J connectivity index is 2.47. The van der Waals surface area contributed by atoms with Gasteiger partial charge in [-0.2, -0.15) is 4.31 Å². The Bertz CT molecular complexity index is 568. The molecule has 0 bridgehead atoms. The molecule has 6 heteroatoms. The van der Waals surface area contributed by atoms with E-state index in [4.69, 9.17) is 11.6 Å². The first kappa shape index (κ1) is 15.3. The first-order valence-corrected chi connectivity index (χ1v) is 9.08. The summed E-state index contributed by atoms with van der Waals surface area (Å²) in [6.45, 7) is 3.10. The van der Waals surface area contributed by atoms with Crippen LogP contribution in [-0.4, -0.2) is 25.8 Å². The Morgan fingerprint density at radius 3 is 2.47 bits per heavy atom. The fourth-order valence-corrected chi connectivity index (χ4v) is 5.02. The Morgan fingerprint density at radius 1 is 1.26 bits per heavy atom. The van der Waals surface area contributed by atoms with Crippen LogP contribution in [0, 0.1) is 6.92 Å². The van der Waals surface area contributed by atoms with Crippen LogP contribution in [0.2, 0.25) is 0 Å². The van der Waals surface area contributed by atoms with Gasteiger partial charge in [-0.3, -0.25) is 0 Å². The van der Waals surface area contributed by atoms with E-state index in [2.05, 4.69) is 15.9 Å². The molecule has 0 radical (unpaired) electrons. The van der Waals surface area contributed by atoms with Gasteiger partial charge in [0.05, 0.1) is 4.90 Å². The van der Waals surface area contributed by atoms with Crippen LogP contribution in [0.4, 0.5) is 0 Å². The molecule has 1 saturated heterocycles. The SMILES string of the molecule is Cc1cc(CCl)cc(S(=O)(=O)N2CCCCC2)c1Br. The van der Waals surface area contributed by atoms with Crippen LogP contribution in [-0.2, 0) is 15.9 Å². The normalized spacial score (nSPS) is 17.6.